The Labute approximate surface area is 109 Å². The molecule has 100 valence electrons. The van der Waals surface area contributed by atoms with E-state index in [2.05, 4.69) is 24.1 Å². The smallest absolute Gasteiger partial charge is 0.129 e. The highest BCUT2D eigenvalue weighted by molar-refractivity contribution is 5.54. The molecule has 0 bridgehead atoms. The summed E-state index contributed by atoms with van der Waals surface area (Å²) < 4.78 is 13.9. The molecule has 0 amide bonds. The van der Waals surface area contributed by atoms with Crippen molar-refractivity contribution in [2.24, 2.45) is 5.41 Å². The van der Waals surface area contributed by atoms with E-state index in [0.717, 1.165) is 24.3 Å². The Hall–Kier alpha value is -1.09. The molecule has 1 saturated heterocycles. The summed E-state index contributed by atoms with van der Waals surface area (Å²) >= 11 is 0. The zero-order valence-electron chi connectivity index (χ0n) is 11.6. The number of benzene rings is 1. The quantitative estimate of drug-likeness (QED) is 0.886. The molecule has 3 heteroatoms. The lowest BCUT2D eigenvalue weighted by atomic mass is 9.82. The van der Waals surface area contributed by atoms with E-state index in [9.17, 15) is 4.39 Å². The van der Waals surface area contributed by atoms with Gasteiger partial charge in [0.15, 0.2) is 0 Å². The topological polar surface area (TPSA) is 15.3 Å². The fourth-order valence-electron chi connectivity index (χ4n) is 2.55. The number of hydrogen-bond donors (Lipinski definition) is 1. The zero-order valence-corrected chi connectivity index (χ0v) is 11.6. The van der Waals surface area contributed by atoms with Gasteiger partial charge in [-0.15, -0.1) is 0 Å². The molecule has 0 atom stereocenters. The molecule has 1 N–H and O–H groups in total. The van der Waals surface area contributed by atoms with E-state index in [-0.39, 0.29) is 5.82 Å². The minimum atomic E-state index is -0.105. The number of nitrogens with zero attached hydrogens (tertiary/aromatic N) is 1. The van der Waals surface area contributed by atoms with Crippen molar-refractivity contribution in [1.29, 1.82) is 0 Å². The molecule has 1 aromatic rings. The first-order chi connectivity index (χ1) is 8.53. The molecule has 0 aromatic heterocycles. The molecular formula is C15H23FN2. The second-order valence-electron chi connectivity index (χ2n) is 5.92. The normalized spacial score (nSPS) is 19.0. The molecule has 2 nitrogen and oxygen atoms in total. The van der Waals surface area contributed by atoms with E-state index >= 15 is 0 Å². The third-order valence-corrected chi connectivity index (χ3v) is 3.91. The standard InChI is InChI=1S/C15H23FN2/c1-15(2)7-9-18(10-8-15)14-6-4-5-13(16)12(14)11-17-3/h4-6,17H,7-11H2,1-3H3. The highest BCUT2D eigenvalue weighted by Gasteiger charge is 2.26. The molecule has 1 aliphatic heterocycles. The summed E-state index contributed by atoms with van der Waals surface area (Å²) in [6.45, 7) is 7.25. The van der Waals surface area contributed by atoms with Crippen LogP contribution in [0.1, 0.15) is 32.3 Å². The van der Waals surface area contributed by atoms with Crippen molar-refractivity contribution in [1.82, 2.24) is 5.32 Å². The van der Waals surface area contributed by atoms with Gasteiger partial charge in [-0.3, -0.25) is 0 Å². The SMILES string of the molecule is CNCc1c(F)cccc1N1CCC(C)(C)CC1. The highest BCUT2D eigenvalue weighted by Crippen LogP contribution is 2.33. The van der Waals surface area contributed by atoms with Crippen LogP contribution < -0.4 is 10.2 Å². The molecule has 1 fully saturated rings. The van der Waals surface area contributed by atoms with Crippen LogP contribution in [0.15, 0.2) is 18.2 Å². The fraction of sp³-hybridized carbons (Fsp3) is 0.600. The third kappa shape index (κ3) is 2.83. The second kappa shape index (κ2) is 5.27. The summed E-state index contributed by atoms with van der Waals surface area (Å²) in [5.41, 5.74) is 2.27. The van der Waals surface area contributed by atoms with Crippen molar-refractivity contribution in [2.75, 3.05) is 25.0 Å². The van der Waals surface area contributed by atoms with Gasteiger partial charge in [-0.1, -0.05) is 19.9 Å². The number of hydrogen-bond acceptors (Lipinski definition) is 2. The Morgan fingerprint density at radius 3 is 2.56 bits per heavy atom. The number of piperidine rings is 1. The molecule has 2 rings (SSSR count). The van der Waals surface area contributed by atoms with Gasteiger partial charge < -0.3 is 10.2 Å². The van der Waals surface area contributed by atoms with Crippen molar-refractivity contribution in [3.05, 3.63) is 29.6 Å². The monoisotopic (exact) mass is 250 g/mol. The van der Waals surface area contributed by atoms with Crippen LogP contribution in [0.4, 0.5) is 10.1 Å². The molecule has 0 saturated carbocycles. The Morgan fingerprint density at radius 1 is 1.28 bits per heavy atom. The molecule has 0 spiro atoms. The minimum Gasteiger partial charge on any atom is -0.371 e. The van der Waals surface area contributed by atoms with Crippen LogP contribution >= 0.6 is 0 Å². The van der Waals surface area contributed by atoms with Crippen molar-refractivity contribution < 1.29 is 4.39 Å². The summed E-state index contributed by atoms with van der Waals surface area (Å²) in [4.78, 5) is 2.32. The van der Waals surface area contributed by atoms with Gasteiger partial charge in [0.2, 0.25) is 0 Å². The average Bonchev–Trinajstić information content (AvgIpc) is 2.32. The number of nitrogens with one attached hydrogen (secondary N) is 1. The molecule has 1 aliphatic rings. The molecule has 0 aliphatic carbocycles. The summed E-state index contributed by atoms with van der Waals surface area (Å²) in [5.74, 6) is -0.105. The maximum absolute atomic E-state index is 13.9. The van der Waals surface area contributed by atoms with Crippen molar-refractivity contribution >= 4 is 5.69 Å². The van der Waals surface area contributed by atoms with Crippen LogP contribution in [-0.4, -0.2) is 20.1 Å². The molecule has 1 aromatic carbocycles. The molecule has 18 heavy (non-hydrogen) atoms. The van der Waals surface area contributed by atoms with E-state index in [1.54, 1.807) is 6.07 Å². The lowest BCUT2D eigenvalue weighted by Gasteiger charge is -2.39. The van der Waals surface area contributed by atoms with Crippen LogP contribution in [0.5, 0.6) is 0 Å². The van der Waals surface area contributed by atoms with E-state index < -0.39 is 0 Å². The largest absolute Gasteiger partial charge is 0.371 e. The van der Waals surface area contributed by atoms with E-state index in [1.807, 2.05) is 19.2 Å². The van der Waals surface area contributed by atoms with Gasteiger partial charge >= 0.3 is 0 Å². The van der Waals surface area contributed by atoms with Crippen LogP contribution in [0.2, 0.25) is 0 Å². The van der Waals surface area contributed by atoms with E-state index in [1.165, 1.54) is 12.8 Å². The second-order valence-corrected chi connectivity index (χ2v) is 5.92. The zero-order chi connectivity index (χ0) is 13.2. The predicted octanol–water partition coefficient (Wildman–Crippen LogP) is 3.17. The molecule has 0 radical (unpaired) electrons. The fourth-order valence-corrected chi connectivity index (χ4v) is 2.55. The van der Waals surface area contributed by atoms with E-state index in [0.29, 0.717) is 12.0 Å². The lowest BCUT2D eigenvalue weighted by molar-refractivity contribution is 0.279. The first-order valence-corrected chi connectivity index (χ1v) is 6.70. The van der Waals surface area contributed by atoms with Gasteiger partial charge in [0.1, 0.15) is 5.82 Å². The number of rotatable bonds is 3. The summed E-state index contributed by atoms with van der Waals surface area (Å²) in [6, 6.07) is 5.39. The maximum atomic E-state index is 13.9. The van der Waals surface area contributed by atoms with Gasteiger partial charge in [-0.2, -0.15) is 0 Å². The predicted molar refractivity (Wildman–Crippen MR) is 74.4 cm³/mol. The molecule has 1 heterocycles. The van der Waals surface area contributed by atoms with Gasteiger partial charge in [0.05, 0.1) is 0 Å². The Balaban J connectivity index is 2.21. The first-order valence-electron chi connectivity index (χ1n) is 6.70. The molecule has 0 unspecified atom stereocenters. The minimum absolute atomic E-state index is 0.105. The Bertz CT molecular complexity index is 405. The third-order valence-electron chi connectivity index (χ3n) is 3.91. The van der Waals surface area contributed by atoms with Crippen molar-refractivity contribution in [3.63, 3.8) is 0 Å². The average molecular weight is 250 g/mol. The van der Waals surface area contributed by atoms with Crippen molar-refractivity contribution in [2.45, 2.75) is 33.2 Å². The van der Waals surface area contributed by atoms with Crippen LogP contribution in [0.3, 0.4) is 0 Å². The van der Waals surface area contributed by atoms with Gasteiger partial charge in [-0.05, 0) is 37.4 Å². The van der Waals surface area contributed by atoms with Gasteiger partial charge in [0, 0.05) is 30.9 Å². The van der Waals surface area contributed by atoms with Crippen molar-refractivity contribution in [3.8, 4) is 0 Å². The Kier molecular flexibility index (Phi) is 3.91. The van der Waals surface area contributed by atoms with Gasteiger partial charge in [-0.25, -0.2) is 4.39 Å². The Morgan fingerprint density at radius 2 is 1.94 bits per heavy atom. The van der Waals surface area contributed by atoms with E-state index in [4.69, 9.17) is 0 Å². The maximum Gasteiger partial charge on any atom is 0.129 e. The summed E-state index contributed by atoms with van der Waals surface area (Å²) in [7, 11) is 1.86. The van der Waals surface area contributed by atoms with Crippen LogP contribution in [0, 0.1) is 11.2 Å². The number of halogens is 1. The summed E-state index contributed by atoms with van der Waals surface area (Å²) in [5, 5.41) is 3.05. The highest BCUT2D eigenvalue weighted by atomic mass is 19.1. The lowest BCUT2D eigenvalue weighted by Crippen LogP contribution is -2.38. The summed E-state index contributed by atoms with van der Waals surface area (Å²) in [6.07, 6.45) is 2.34. The van der Waals surface area contributed by atoms with Crippen LogP contribution in [0.25, 0.3) is 0 Å². The first kappa shape index (κ1) is 13.3. The van der Waals surface area contributed by atoms with Gasteiger partial charge in [0.25, 0.3) is 0 Å². The molecular weight excluding hydrogens is 227 g/mol. The number of anilines is 1. The van der Waals surface area contributed by atoms with Crippen LogP contribution in [-0.2, 0) is 6.54 Å².